The number of carbonyl (C=O) groups is 1. The molecule has 1 saturated carbocycles. The number of carbonyl (C=O) groups excluding carboxylic acids is 1. The Morgan fingerprint density at radius 1 is 1.48 bits per heavy atom. The van der Waals surface area contributed by atoms with E-state index in [2.05, 4.69) is 15.4 Å². The molecule has 0 spiro atoms. The minimum Gasteiger partial charge on any atom is -0.394 e. The molecule has 1 atom stereocenters. The lowest BCUT2D eigenvalue weighted by Crippen LogP contribution is -2.38. The number of fused-ring (bicyclic) bond motifs is 1. The third-order valence-corrected chi connectivity index (χ3v) is 5.48. The van der Waals surface area contributed by atoms with Crippen molar-refractivity contribution in [2.75, 3.05) is 18.6 Å². The van der Waals surface area contributed by atoms with Crippen LogP contribution in [-0.2, 0) is 0 Å². The van der Waals surface area contributed by atoms with E-state index in [-0.39, 0.29) is 18.6 Å². The smallest absolute Gasteiger partial charge is 0.252 e. The Morgan fingerprint density at radius 2 is 2.24 bits per heavy atom. The highest BCUT2D eigenvalue weighted by molar-refractivity contribution is 7.98. The van der Waals surface area contributed by atoms with Crippen LogP contribution in [0.1, 0.15) is 54.2 Å². The van der Waals surface area contributed by atoms with Gasteiger partial charge in [0.2, 0.25) is 0 Å². The maximum atomic E-state index is 12.8. The van der Waals surface area contributed by atoms with Crippen molar-refractivity contribution in [2.45, 2.75) is 51.1 Å². The molecule has 1 aliphatic rings. The molecular formula is C18H26N4O2S. The van der Waals surface area contributed by atoms with Gasteiger partial charge in [-0.1, -0.05) is 12.8 Å². The van der Waals surface area contributed by atoms with Crippen LogP contribution < -0.4 is 5.32 Å². The number of rotatable bonds is 7. The van der Waals surface area contributed by atoms with E-state index in [0.29, 0.717) is 11.6 Å². The maximum Gasteiger partial charge on any atom is 0.252 e. The van der Waals surface area contributed by atoms with Crippen LogP contribution in [0.5, 0.6) is 0 Å². The molecule has 2 heterocycles. The summed E-state index contributed by atoms with van der Waals surface area (Å²) >= 11 is 1.70. The number of nitrogens with zero attached hydrogens (tertiary/aromatic N) is 3. The first-order chi connectivity index (χ1) is 12.1. The molecule has 25 heavy (non-hydrogen) atoms. The number of hydrogen-bond acceptors (Lipinski definition) is 5. The first-order valence-electron chi connectivity index (χ1n) is 8.89. The topological polar surface area (TPSA) is 80.0 Å². The Kier molecular flexibility index (Phi) is 5.96. The number of aliphatic hydroxyl groups is 1. The predicted molar refractivity (Wildman–Crippen MR) is 101 cm³/mol. The molecule has 0 aliphatic heterocycles. The summed E-state index contributed by atoms with van der Waals surface area (Å²) in [5.74, 6) is 0.734. The fraction of sp³-hybridized carbons (Fsp3) is 0.611. The number of amides is 1. The zero-order valence-corrected chi connectivity index (χ0v) is 15.7. The molecule has 3 rings (SSSR count). The van der Waals surface area contributed by atoms with Crippen LogP contribution in [0, 0.1) is 6.92 Å². The summed E-state index contributed by atoms with van der Waals surface area (Å²) in [7, 11) is 0. The number of pyridine rings is 1. The largest absolute Gasteiger partial charge is 0.394 e. The van der Waals surface area contributed by atoms with Gasteiger partial charge in [0.25, 0.3) is 5.91 Å². The fourth-order valence-corrected chi connectivity index (χ4v) is 4.00. The fourth-order valence-electron chi connectivity index (χ4n) is 3.48. The predicted octanol–water partition coefficient (Wildman–Crippen LogP) is 2.70. The van der Waals surface area contributed by atoms with Crippen molar-refractivity contribution in [1.82, 2.24) is 20.1 Å². The van der Waals surface area contributed by atoms with Crippen LogP contribution in [-0.4, -0.2) is 50.4 Å². The van der Waals surface area contributed by atoms with Crippen molar-refractivity contribution >= 4 is 28.7 Å². The molecule has 2 N–H and O–H groups in total. The van der Waals surface area contributed by atoms with Crippen LogP contribution in [0.2, 0.25) is 0 Å². The van der Waals surface area contributed by atoms with Crippen molar-refractivity contribution in [3.8, 4) is 0 Å². The summed E-state index contributed by atoms with van der Waals surface area (Å²) < 4.78 is 1.99. The molecule has 1 unspecified atom stereocenters. The SMILES string of the molecule is CSCCC(CO)NC(=O)c1cc(C)nc2c1cnn2C1CCCC1. The summed E-state index contributed by atoms with van der Waals surface area (Å²) in [5, 5.41) is 17.8. The maximum absolute atomic E-state index is 12.8. The van der Waals surface area contributed by atoms with E-state index in [1.165, 1.54) is 12.8 Å². The van der Waals surface area contributed by atoms with Crippen LogP contribution in [0.3, 0.4) is 0 Å². The van der Waals surface area contributed by atoms with E-state index in [9.17, 15) is 9.90 Å². The Hall–Kier alpha value is -1.60. The standard InChI is InChI=1S/C18H26N4O2S/c1-12-9-15(18(24)21-13(11-23)7-8-25-2)16-10-19-22(17(16)20-12)14-5-3-4-6-14/h9-10,13-14,23H,3-8,11H2,1-2H3,(H,21,24). The molecule has 0 saturated heterocycles. The van der Waals surface area contributed by atoms with E-state index in [0.717, 1.165) is 41.7 Å². The molecular weight excluding hydrogens is 336 g/mol. The Bertz CT molecular complexity index is 740. The molecule has 0 radical (unpaired) electrons. The number of aromatic nitrogens is 3. The van der Waals surface area contributed by atoms with Crippen molar-refractivity contribution in [1.29, 1.82) is 0 Å². The molecule has 0 bridgehead atoms. The van der Waals surface area contributed by atoms with Crippen LogP contribution >= 0.6 is 11.8 Å². The summed E-state index contributed by atoms with van der Waals surface area (Å²) in [5.41, 5.74) is 2.19. The van der Waals surface area contributed by atoms with E-state index >= 15 is 0 Å². The molecule has 6 nitrogen and oxygen atoms in total. The monoisotopic (exact) mass is 362 g/mol. The van der Waals surface area contributed by atoms with Gasteiger partial charge in [-0.15, -0.1) is 0 Å². The molecule has 0 aromatic carbocycles. The van der Waals surface area contributed by atoms with Crippen molar-refractivity contribution in [2.24, 2.45) is 0 Å². The summed E-state index contributed by atoms with van der Waals surface area (Å²) in [6, 6.07) is 1.96. The number of aryl methyl sites for hydroxylation is 1. The van der Waals surface area contributed by atoms with Gasteiger partial charge in [0.15, 0.2) is 5.65 Å². The van der Waals surface area contributed by atoms with Crippen molar-refractivity contribution in [3.63, 3.8) is 0 Å². The summed E-state index contributed by atoms with van der Waals surface area (Å²) in [6.45, 7) is 1.85. The highest BCUT2D eigenvalue weighted by Gasteiger charge is 2.23. The third-order valence-electron chi connectivity index (χ3n) is 4.84. The molecule has 7 heteroatoms. The van der Waals surface area contributed by atoms with Gasteiger partial charge in [0, 0.05) is 5.69 Å². The van der Waals surface area contributed by atoms with Gasteiger partial charge >= 0.3 is 0 Å². The van der Waals surface area contributed by atoms with Gasteiger partial charge in [-0.2, -0.15) is 16.9 Å². The van der Waals surface area contributed by atoms with Crippen LogP contribution in [0.15, 0.2) is 12.3 Å². The van der Waals surface area contributed by atoms with E-state index < -0.39 is 0 Å². The van der Waals surface area contributed by atoms with E-state index in [1.54, 1.807) is 24.0 Å². The normalized spacial score (nSPS) is 16.4. The molecule has 2 aromatic heterocycles. The van der Waals surface area contributed by atoms with E-state index in [1.807, 2.05) is 17.9 Å². The Balaban J connectivity index is 1.89. The highest BCUT2D eigenvalue weighted by Crippen LogP contribution is 2.32. The average molecular weight is 362 g/mol. The number of nitrogens with one attached hydrogen (secondary N) is 1. The summed E-state index contributed by atoms with van der Waals surface area (Å²) in [4.78, 5) is 17.4. The first kappa shape index (κ1) is 18.2. The average Bonchev–Trinajstić information content (AvgIpc) is 3.26. The minimum atomic E-state index is -0.228. The van der Waals surface area contributed by atoms with Gasteiger partial charge in [-0.3, -0.25) is 4.79 Å². The Labute approximate surface area is 152 Å². The van der Waals surface area contributed by atoms with Gasteiger partial charge in [0.1, 0.15) is 0 Å². The molecule has 2 aromatic rings. The minimum absolute atomic E-state index is 0.0547. The number of thioether (sulfide) groups is 1. The Morgan fingerprint density at radius 3 is 2.92 bits per heavy atom. The molecule has 1 amide bonds. The van der Waals surface area contributed by atoms with Gasteiger partial charge in [-0.05, 0) is 44.3 Å². The zero-order chi connectivity index (χ0) is 17.8. The lowest BCUT2D eigenvalue weighted by molar-refractivity contribution is 0.0917. The third kappa shape index (κ3) is 3.98. The second-order valence-corrected chi connectivity index (χ2v) is 7.70. The second kappa shape index (κ2) is 8.19. The van der Waals surface area contributed by atoms with Crippen LogP contribution in [0.25, 0.3) is 11.0 Å². The molecule has 1 aliphatic carbocycles. The molecule has 1 fully saturated rings. The van der Waals surface area contributed by atoms with Gasteiger partial charge in [-0.25, -0.2) is 9.67 Å². The van der Waals surface area contributed by atoms with Crippen molar-refractivity contribution in [3.05, 3.63) is 23.5 Å². The zero-order valence-electron chi connectivity index (χ0n) is 14.9. The second-order valence-electron chi connectivity index (χ2n) is 6.71. The van der Waals surface area contributed by atoms with Crippen molar-refractivity contribution < 1.29 is 9.90 Å². The number of aliphatic hydroxyl groups excluding tert-OH is 1. The first-order valence-corrected chi connectivity index (χ1v) is 10.3. The summed E-state index contributed by atoms with van der Waals surface area (Å²) in [6.07, 6.45) is 9.20. The van der Waals surface area contributed by atoms with Gasteiger partial charge < -0.3 is 10.4 Å². The number of hydrogen-bond donors (Lipinski definition) is 2. The highest BCUT2D eigenvalue weighted by atomic mass is 32.2. The van der Waals surface area contributed by atoms with Crippen LogP contribution in [0.4, 0.5) is 0 Å². The lowest BCUT2D eigenvalue weighted by Gasteiger charge is -2.16. The lowest BCUT2D eigenvalue weighted by atomic mass is 10.1. The quantitative estimate of drug-likeness (QED) is 0.792. The van der Waals surface area contributed by atoms with E-state index in [4.69, 9.17) is 0 Å². The van der Waals surface area contributed by atoms with Gasteiger partial charge in [0.05, 0.1) is 35.8 Å². The molecule has 136 valence electrons.